The molecule has 4 rings (SSSR count). The van der Waals surface area contributed by atoms with Crippen molar-refractivity contribution in [1.29, 1.82) is 5.26 Å². The Kier molecular flexibility index (Phi) is 8.91. The fourth-order valence-electron chi connectivity index (χ4n) is 5.34. The number of amides is 2. The highest BCUT2D eigenvalue weighted by molar-refractivity contribution is 5.94. The molecule has 1 aliphatic carbocycles. The molecule has 0 bridgehead atoms. The molecule has 2 amide bonds. The summed E-state index contributed by atoms with van der Waals surface area (Å²) >= 11 is 0. The maximum atomic E-state index is 12.4. The van der Waals surface area contributed by atoms with Crippen LogP contribution in [-0.2, 0) is 17.6 Å². The molecule has 6 nitrogen and oxygen atoms in total. The first kappa shape index (κ1) is 25.7. The van der Waals surface area contributed by atoms with Crippen molar-refractivity contribution in [3.05, 3.63) is 76.4 Å². The first-order chi connectivity index (χ1) is 17.5. The number of nitrogens with zero attached hydrogens (tertiary/aromatic N) is 2. The average Bonchev–Trinajstić information content (AvgIpc) is 3.13. The quantitative estimate of drug-likeness (QED) is 0.580. The summed E-state index contributed by atoms with van der Waals surface area (Å²) in [6, 6.07) is 15.8. The van der Waals surface area contributed by atoms with Crippen LogP contribution in [0.2, 0.25) is 0 Å². The van der Waals surface area contributed by atoms with Gasteiger partial charge in [0.1, 0.15) is 0 Å². The number of nitrogens with one attached hydrogen (secondary N) is 2. The van der Waals surface area contributed by atoms with E-state index in [4.69, 9.17) is 5.26 Å². The Morgan fingerprint density at radius 1 is 1.03 bits per heavy atom. The topological polar surface area (TPSA) is 85.2 Å². The van der Waals surface area contributed by atoms with E-state index < -0.39 is 0 Å². The summed E-state index contributed by atoms with van der Waals surface area (Å²) in [5.74, 6) is 0.548. The van der Waals surface area contributed by atoms with Crippen molar-refractivity contribution in [3.8, 4) is 6.07 Å². The lowest BCUT2D eigenvalue weighted by Gasteiger charge is -2.30. The zero-order chi connectivity index (χ0) is 25.3. The van der Waals surface area contributed by atoms with Gasteiger partial charge in [-0.2, -0.15) is 5.26 Å². The van der Waals surface area contributed by atoms with Gasteiger partial charge >= 0.3 is 0 Å². The molecule has 36 heavy (non-hydrogen) atoms. The van der Waals surface area contributed by atoms with Crippen LogP contribution in [0, 0.1) is 17.2 Å². The predicted molar refractivity (Wildman–Crippen MR) is 142 cm³/mol. The van der Waals surface area contributed by atoms with Gasteiger partial charge in [0.05, 0.1) is 11.6 Å². The van der Waals surface area contributed by atoms with Crippen LogP contribution in [0.5, 0.6) is 0 Å². The highest BCUT2D eigenvalue weighted by atomic mass is 16.2. The SMILES string of the molecule is CNC(=O)c1ccc(/C=C/C(=O)NC2CCC(CCN3CCc4ccc(C#N)cc4CC3)CC2)cc1. The van der Waals surface area contributed by atoms with E-state index in [0.717, 1.165) is 75.2 Å². The monoisotopic (exact) mass is 484 g/mol. The molecule has 6 heteroatoms. The van der Waals surface area contributed by atoms with E-state index in [2.05, 4.69) is 33.7 Å². The van der Waals surface area contributed by atoms with Crippen molar-refractivity contribution in [2.24, 2.45) is 5.92 Å². The van der Waals surface area contributed by atoms with Crippen molar-refractivity contribution in [2.75, 3.05) is 26.7 Å². The molecule has 0 aromatic heterocycles. The van der Waals surface area contributed by atoms with Gasteiger partial charge < -0.3 is 15.5 Å². The van der Waals surface area contributed by atoms with E-state index in [1.165, 1.54) is 17.5 Å². The number of rotatable bonds is 7. The van der Waals surface area contributed by atoms with Crippen LogP contribution in [0.3, 0.4) is 0 Å². The molecule has 2 aromatic carbocycles. The normalized spacial score (nSPS) is 20.2. The molecule has 1 heterocycles. The van der Waals surface area contributed by atoms with E-state index in [1.807, 2.05) is 18.2 Å². The third-order valence-electron chi connectivity index (χ3n) is 7.60. The van der Waals surface area contributed by atoms with Gasteiger partial charge in [-0.1, -0.05) is 18.2 Å². The second kappa shape index (κ2) is 12.5. The van der Waals surface area contributed by atoms with E-state index in [9.17, 15) is 9.59 Å². The zero-order valence-corrected chi connectivity index (χ0v) is 21.1. The Morgan fingerprint density at radius 3 is 2.44 bits per heavy atom. The van der Waals surface area contributed by atoms with Crippen LogP contribution < -0.4 is 10.6 Å². The maximum Gasteiger partial charge on any atom is 0.251 e. The molecule has 2 aromatic rings. The number of hydrogen-bond acceptors (Lipinski definition) is 4. The minimum absolute atomic E-state index is 0.0579. The molecule has 188 valence electrons. The standard InChI is InChI=1S/C30H36N4O2/c1-32-30(36)26-9-2-22(3-10-26)7-13-29(35)33-28-11-5-23(6-12-28)14-17-34-18-15-25-8-4-24(21-31)20-27(25)16-19-34/h2-4,7-10,13,20,23,28H,5-6,11-12,14-19H2,1H3,(H,32,36)(H,33,35)/b13-7+. The fraction of sp³-hybridized carbons (Fsp3) is 0.433. The molecule has 1 fully saturated rings. The number of fused-ring (bicyclic) bond motifs is 1. The highest BCUT2D eigenvalue weighted by Gasteiger charge is 2.23. The molecule has 0 atom stereocenters. The predicted octanol–water partition coefficient (Wildman–Crippen LogP) is 4.10. The van der Waals surface area contributed by atoms with Gasteiger partial charge in [0.2, 0.25) is 5.91 Å². The Labute approximate surface area is 214 Å². The molecule has 1 saturated carbocycles. The lowest BCUT2D eigenvalue weighted by Crippen LogP contribution is -2.37. The van der Waals surface area contributed by atoms with Crippen LogP contribution >= 0.6 is 0 Å². The number of hydrogen-bond donors (Lipinski definition) is 2. The molecule has 0 unspecified atom stereocenters. The van der Waals surface area contributed by atoms with Crippen molar-refractivity contribution in [3.63, 3.8) is 0 Å². The molecule has 0 spiro atoms. The van der Waals surface area contributed by atoms with Crippen molar-refractivity contribution < 1.29 is 9.59 Å². The molecule has 1 aliphatic heterocycles. The first-order valence-corrected chi connectivity index (χ1v) is 13.1. The Balaban J connectivity index is 1.15. The number of benzene rings is 2. The third kappa shape index (κ3) is 7.05. The van der Waals surface area contributed by atoms with Crippen molar-refractivity contribution in [1.82, 2.24) is 15.5 Å². The summed E-state index contributed by atoms with van der Waals surface area (Å²) in [5.41, 5.74) is 4.98. The van der Waals surface area contributed by atoms with E-state index >= 15 is 0 Å². The van der Waals surface area contributed by atoms with Crippen molar-refractivity contribution >= 4 is 17.9 Å². The lowest BCUT2D eigenvalue weighted by molar-refractivity contribution is -0.117. The third-order valence-corrected chi connectivity index (χ3v) is 7.60. The van der Waals surface area contributed by atoms with Crippen LogP contribution in [0.25, 0.3) is 6.08 Å². The minimum atomic E-state index is -0.119. The Hall–Kier alpha value is -3.43. The molecule has 0 radical (unpaired) electrons. The van der Waals surface area contributed by atoms with Crippen molar-refractivity contribution in [2.45, 2.75) is 51.0 Å². The Morgan fingerprint density at radius 2 is 1.75 bits per heavy atom. The molecule has 0 saturated heterocycles. The molecule has 2 aliphatic rings. The first-order valence-electron chi connectivity index (χ1n) is 13.1. The summed E-state index contributed by atoms with van der Waals surface area (Å²) in [4.78, 5) is 26.6. The van der Waals surface area contributed by atoms with Crippen LogP contribution in [-0.4, -0.2) is 49.4 Å². The second-order valence-electron chi connectivity index (χ2n) is 9.99. The summed E-state index contributed by atoms with van der Waals surface area (Å²) in [6.07, 6.45) is 11.1. The summed E-state index contributed by atoms with van der Waals surface area (Å²) < 4.78 is 0. The second-order valence-corrected chi connectivity index (χ2v) is 9.99. The van der Waals surface area contributed by atoms with Crippen LogP contribution in [0.1, 0.15) is 64.7 Å². The molecular formula is C30H36N4O2. The van der Waals surface area contributed by atoms with Gasteiger partial charge in [0.15, 0.2) is 0 Å². The minimum Gasteiger partial charge on any atom is -0.355 e. The number of carbonyl (C=O) groups excluding carboxylic acids is 2. The molecular weight excluding hydrogens is 448 g/mol. The van der Waals surface area contributed by atoms with Crippen LogP contribution in [0.4, 0.5) is 0 Å². The van der Waals surface area contributed by atoms with E-state index in [0.29, 0.717) is 5.56 Å². The molecule has 2 N–H and O–H groups in total. The number of carbonyl (C=O) groups is 2. The van der Waals surface area contributed by atoms with E-state index in [-0.39, 0.29) is 17.9 Å². The summed E-state index contributed by atoms with van der Waals surface area (Å²) in [6.45, 7) is 3.28. The largest absolute Gasteiger partial charge is 0.355 e. The lowest BCUT2D eigenvalue weighted by atomic mass is 9.84. The highest BCUT2D eigenvalue weighted by Crippen LogP contribution is 2.27. The smallest absolute Gasteiger partial charge is 0.251 e. The summed E-state index contributed by atoms with van der Waals surface area (Å²) in [5, 5.41) is 14.9. The van der Waals surface area contributed by atoms with Gasteiger partial charge in [0.25, 0.3) is 5.91 Å². The van der Waals surface area contributed by atoms with Gasteiger partial charge in [-0.05, 0) is 104 Å². The average molecular weight is 485 g/mol. The van der Waals surface area contributed by atoms with Gasteiger partial charge in [-0.25, -0.2) is 0 Å². The summed E-state index contributed by atoms with van der Waals surface area (Å²) in [7, 11) is 1.61. The fourth-order valence-corrected chi connectivity index (χ4v) is 5.34. The van der Waals surface area contributed by atoms with Gasteiger partial charge in [-0.3, -0.25) is 9.59 Å². The van der Waals surface area contributed by atoms with Crippen LogP contribution in [0.15, 0.2) is 48.5 Å². The van der Waals surface area contributed by atoms with Gasteiger partial charge in [-0.15, -0.1) is 0 Å². The van der Waals surface area contributed by atoms with E-state index in [1.54, 1.807) is 31.3 Å². The zero-order valence-electron chi connectivity index (χ0n) is 21.1. The van der Waals surface area contributed by atoms with Gasteiger partial charge in [0, 0.05) is 37.8 Å². The maximum absolute atomic E-state index is 12.4. The Bertz CT molecular complexity index is 1120. The number of nitriles is 1.